The van der Waals surface area contributed by atoms with E-state index >= 15 is 0 Å². The third kappa shape index (κ3) is 4.38. The van der Waals surface area contributed by atoms with E-state index in [9.17, 15) is 13.2 Å². The fraction of sp³-hybridized carbons (Fsp3) is 0.632. The maximum absolute atomic E-state index is 12.7. The second-order valence-electron chi connectivity index (χ2n) is 6.66. The van der Waals surface area contributed by atoms with Crippen molar-refractivity contribution in [2.45, 2.75) is 62.5 Å². The lowest BCUT2D eigenvalue weighted by atomic mass is 9.95. The van der Waals surface area contributed by atoms with E-state index in [1.54, 1.807) is 24.3 Å². The molecule has 0 unspecified atom stereocenters. The summed E-state index contributed by atoms with van der Waals surface area (Å²) >= 11 is 0. The van der Waals surface area contributed by atoms with Crippen LogP contribution >= 0.6 is 0 Å². The first kappa shape index (κ1) is 19.0. The summed E-state index contributed by atoms with van der Waals surface area (Å²) in [5.41, 5.74) is 0. The second kappa shape index (κ2) is 8.65. The zero-order valence-electron chi connectivity index (χ0n) is 14.8. The van der Waals surface area contributed by atoms with Gasteiger partial charge in [0, 0.05) is 19.0 Å². The highest BCUT2D eigenvalue weighted by molar-refractivity contribution is 7.92. The third-order valence-electron chi connectivity index (χ3n) is 4.89. The summed E-state index contributed by atoms with van der Waals surface area (Å²) in [6, 6.07) is 8.65. The zero-order chi connectivity index (χ0) is 17.6. The molecule has 4 nitrogen and oxygen atoms in total. The summed E-state index contributed by atoms with van der Waals surface area (Å²) in [6.07, 6.45) is 4.94. The molecule has 0 N–H and O–H groups in total. The molecule has 0 radical (unpaired) electrons. The smallest absolute Gasteiger partial charge is 0.225 e. The number of piperidine rings is 1. The molecule has 0 spiro atoms. The van der Waals surface area contributed by atoms with Crippen LogP contribution in [-0.4, -0.2) is 37.6 Å². The lowest BCUT2D eigenvalue weighted by molar-refractivity contribution is -0.136. The fourth-order valence-corrected chi connectivity index (χ4v) is 5.29. The molecule has 1 aliphatic heterocycles. The van der Waals surface area contributed by atoms with Crippen LogP contribution in [0, 0.1) is 5.92 Å². The van der Waals surface area contributed by atoms with Crippen LogP contribution in [0.3, 0.4) is 0 Å². The minimum Gasteiger partial charge on any atom is -0.342 e. The molecule has 1 fully saturated rings. The molecule has 2 rings (SSSR count). The molecule has 134 valence electrons. The van der Waals surface area contributed by atoms with E-state index in [0.29, 0.717) is 30.8 Å². The van der Waals surface area contributed by atoms with Crippen molar-refractivity contribution in [3.63, 3.8) is 0 Å². The van der Waals surface area contributed by atoms with Crippen LogP contribution in [0.2, 0.25) is 0 Å². The van der Waals surface area contributed by atoms with Gasteiger partial charge in [0.25, 0.3) is 0 Å². The predicted molar refractivity (Wildman–Crippen MR) is 96.5 cm³/mol. The van der Waals surface area contributed by atoms with E-state index in [0.717, 1.165) is 25.7 Å². The number of likely N-dealkylation sites (tertiary alicyclic amines) is 1. The second-order valence-corrected chi connectivity index (χ2v) is 8.89. The van der Waals surface area contributed by atoms with E-state index in [1.165, 1.54) is 0 Å². The van der Waals surface area contributed by atoms with E-state index in [1.807, 2.05) is 11.0 Å². The fourth-order valence-electron chi connectivity index (χ4n) is 3.54. The summed E-state index contributed by atoms with van der Waals surface area (Å²) in [7, 11) is -3.29. The van der Waals surface area contributed by atoms with Crippen molar-refractivity contribution < 1.29 is 13.2 Å². The summed E-state index contributed by atoms with van der Waals surface area (Å²) in [5.74, 6) is 0.316. The van der Waals surface area contributed by atoms with Gasteiger partial charge in [-0.2, -0.15) is 0 Å². The van der Waals surface area contributed by atoms with Crippen LogP contribution in [0.25, 0.3) is 0 Å². The standard InChI is InChI=1S/C19H29NO3S/c1-3-8-16(9-4-2)19(21)20-14-12-18(13-15-20)24(22,23)17-10-6-5-7-11-17/h5-7,10-11,16,18H,3-4,8-9,12-15H2,1-2H3. The minimum absolute atomic E-state index is 0.0993. The molecule has 1 aromatic carbocycles. The Labute approximate surface area is 146 Å². The number of nitrogens with zero attached hydrogens (tertiary/aromatic N) is 1. The first-order valence-corrected chi connectivity index (χ1v) is 10.6. The van der Waals surface area contributed by atoms with Crippen molar-refractivity contribution in [1.29, 1.82) is 0 Å². The third-order valence-corrected chi connectivity index (χ3v) is 7.17. The number of amides is 1. The first-order chi connectivity index (χ1) is 11.5. The SMILES string of the molecule is CCCC(CCC)C(=O)N1CCC(S(=O)(=O)c2ccccc2)CC1. The number of benzene rings is 1. The van der Waals surface area contributed by atoms with Crippen molar-refractivity contribution in [2.75, 3.05) is 13.1 Å². The van der Waals surface area contributed by atoms with E-state index in [4.69, 9.17) is 0 Å². The normalized spacial score (nSPS) is 16.5. The number of rotatable bonds is 7. The van der Waals surface area contributed by atoms with Gasteiger partial charge >= 0.3 is 0 Å². The van der Waals surface area contributed by atoms with Gasteiger partial charge in [0.2, 0.25) is 5.91 Å². The lowest BCUT2D eigenvalue weighted by Gasteiger charge is -2.34. The Hall–Kier alpha value is -1.36. The Balaban J connectivity index is 1.99. The highest BCUT2D eigenvalue weighted by atomic mass is 32.2. The topological polar surface area (TPSA) is 54.5 Å². The Morgan fingerprint density at radius 3 is 2.12 bits per heavy atom. The number of carbonyl (C=O) groups is 1. The Kier molecular flexibility index (Phi) is 6.84. The van der Waals surface area contributed by atoms with E-state index in [-0.39, 0.29) is 17.1 Å². The van der Waals surface area contributed by atoms with Gasteiger partial charge in [-0.3, -0.25) is 4.79 Å². The molecule has 0 aromatic heterocycles. The van der Waals surface area contributed by atoms with Gasteiger partial charge in [-0.15, -0.1) is 0 Å². The molecule has 5 heteroatoms. The van der Waals surface area contributed by atoms with Crippen molar-refractivity contribution >= 4 is 15.7 Å². The van der Waals surface area contributed by atoms with Crippen molar-refractivity contribution in [1.82, 2.24) is 4.90 Å². The number of hydrogen-bond acceptors (Lipinski definition) is 3. The highest BCUT2D eigenvalue weighted by Crippen LogP contribution is 2.26. The first-order valence-electron chi connectivity index (χ1n) is 9.08. The largest absolute Gasteiger partial charge is 0.342 e. The molecule has 0 saturated carbocycles. The monoisotopic (exact) mass is 351 g/mol. The molecule has 1 heterocycles. The molecule has 0 atom stereocenters. The molecular formula is C19H29NO3S. The summed E-state index contributed by atoms with van der Waals surface area (Å²) in [5, 5.41) is -0.375. The van der Waals surface area contributed by atoms with E-state index < -0.39 is 9.84 Å². The van der Waals surface area contributed by atoms with Gasteiger partial charge < -0.3 is 4.90 Å². The zero-order valence-corrected chi connectivity index (χ0v) is 15.6. The van der Waals surface area contributed by atoms with Crippen LogP contribution < -0.4 is 0 Å². The maximum atomic E-state index is 12.7. The van der Waals surface area contributed by atoms with Crippen LogP contribution in [-0.2, 0) is 14.6 Å². The van der Waals surface area contributed by atoms with Gasteiger partial charge in [-0.1, -0.05) is 44.9 Å². The molecule has 0 bridgehead atoms. The molecule has 0 aliphatic carbocycles. The number of sulfone groups is 1. The number of hydrogen-bond donors (Lipinski definition) is 0. The van der Waals surface area contributed by atoms with Crippen LogP contribution in [0.4, 0.5) is 0 Å². The average molecular weight is 352 g/mol. The Bertz CT molecular complexity index is 613. The number of carbonyl (C=O) groups excluding carboxylic acids is 1. The van der Waals surface area contributed by atoms with Crippen LogP contribution in [0.5, 0.6) is 0 Å². The van der Waals surface area contributed by atoms with Gasteiger partial charge in [-0.25, -0.2) is 8.42 Å². The molecule has 24 heavy (non-hydrogen) atoms. The van der Waals surface area contributed by atoms with Gasteiger partial charge in [0.15, 0.2) is 9.84 Å². The molecular weight excluding hydrogens is 322 g/mol. The summed E-state index contributed by atoms with van der Waals surface area (Å²) < 4.78 is 25.4. The van der Waals surface area contributed by atoms with Crippen molar-refractivity contribution in [3.8, 4) is 0 Å². The van der Waals surface area contributed by atoms with Gasteiger partial charge in [0.05, 0.1) is 10.1 Å². The van der Waals surface area contributed by atoms with Crippen LogP contribution in [0.1, 0.15) is 52.4 Å². The molecule has 1 saturated heterocycles. The van der Waals surface area contributed by atoms with Crippen LogP contribution in [0.15, 0.2) is 35.2 Å². The minimum atomic E-state index is -3.29. The predicted octanol–water partition coefficient (Wildman–Crippen LogP) is 3.67. The van der Waals surface area contributed by atoms with Crippen molar-refractivity contribution in [3.05, 3.63) is 30.3 Å². The lowest BCUT2D eigenvalue weighted by Crippen LogP contribution is -2.44. The Morgan fingerprint density at radius 2 is 1.62 bits per heavy atom. The van der Waals surface area contributed by atoms with Gasteiger partial charge in [0.1, 0.15) is 0 Å². The Morgan fingerprint density at radius 1 is 1.08 bits per heavy atom. The van der Waals surface area contributed by atoms with Crippen molar-refractivity contribution in [2.24, 2.45) is 5.92 Å². The summed E-state index contributed by atoms with van der Waals surface area (Å²) in [4.78, 5) is 15.0. The maximum Gasteiger partial charge on any atom is 0.225 e. The van der Waals surface area contributed by atoms with E-state index in [2.05, 4.69) is 13.8 Å². The quantitative estimate of drug-likeness (QED) is 0.753. The molecule has 1 amide bonds. The molecule has 1 aromatic rings. The average Bonchev–Trinajstić information content (AvgIpc) is 2.62. The summed E-state index contributed by atoms with van der Waals surface area (Å²) in [6.45, 7) is 5.32. The molecule has 1 aliphatic rings. The van der Waals surface area contributed by atoms with Gasteiger partial charge in [-0.05, 0) is 37.8 Å². The highest BCUT2D eigenvalue weighted by Gasteiger charge is 2.34.